The van der Waals surface area contributed by atoms with Gasteiger partial charge in [-0.25, -0.2) is 4.39 Å². The molecular weight excluding hydrogens is 221 g/mol. The first-order valence-electron chi connectivity index (χ1n) is 4.90. The summed E-state index contributed by atoms with van der Waals surface area (Å²) in [6.07, 6.45) is 0. The Balaban J connectivity index is 3.29. The fraction of sp³-hybridized carbons (Fsp3) is 0.250. The maximum atomic E-state index is 13.5. The smallest absolute Gasteiger partial charge is 0.164 e. The van der Waals surface area contributed by atoms with Crippen LogP contribution in [0.5, 0.6) is 0 Å². The summed E-state index contributed by atoms with van der Waals surface area (Å²) in [5.74, 6) is -1.07. The van der Waals surface area contributed by atoms with Crippen LogP contribution in [0.2, 0.25) is 0 Å². The number of hydrogen-bond donors (Lipinski definition) is 0. The van der Waals surface area contributed by atoms with E-state index in [2.05, 4.69) is 0 Å². The number of rotatable bonds is 4. The summed E-state index contributed by atoms with van der Waals surface area (Å²) >= 11 is 0. The molecule has 0 bridgehead atoms. The van der Waals surface area contributed by atoms with Crippen molar-refractivity contribution in [1.29, 1.82) is 10.5 Å². The second kappa shape index (κ2) is 5.62. The lowest BCUT2D eigenvalue weighted by Crippen LogP contribution is -2.26. The average Bonchev–Trinajstić information content (AvgIpc) is 2.28. The molecular formula is C12H10FN3O. The van der Waals surface area contributed by atoms with E-state index in [1.807, 2.05) is 12.1 Å². The Hall–Kier alpha value is -2.40. The van der Waals surface area contributed by atoms with Gasteiger partial charge in [0, 0.05) is 0 Å². The van der Waals surface area contributed by atoms with Gasteiger partial charge in [-0.2, -0.15) is 10.5 Å². The molecule has 0 atom stereocenters. The van der Waals surface area contributed by atoms with Gasteiger partial charge >= 0.3 is 0 Å². The van der Waals surface area contributed by atoms with Gasteiger partial charge in [0.1, 0.15) is 18.9 Å². The third-order valence-electron chi connectivity index (χ3n) is 2.21. The van der Waals surface area contributed by atoms with Crippen LogP contribution >= 0.6 is 0 Å². The molecule has 0 heterocycles. The van der Waals surface area contributed by atoms with Crippen LogP contribution < -0.4 is 4.90 Å². The van der Waals surface area contributed by atoms with Crippen LogP contribution in [0.25, 0.3) is 0 Å². The van der Waals surface area contributed by atoms with Gasteiger partial charge in [-0.15, -0.1) is 0 Å². The summed E-state index contributed by atoms with van der Waals surface area (Å²) in [7, 11) is 0. The van der Waals surface area contributed by atoms with Crippen molar-refractivity contribution in [3.05, 3.63) is 29.6 Å². The lowest BCUT2D eigenvalue weighted by atomic mass is 10.1. The van der Waals surface area contributed by atoms with E-state index in [0.717, 1.165) is 0 Å². The largest absolute Gasteiger partial charge is 0.344 e. The van der Waals surface area contributed by atoms with Crippen molar-refractivity contribution in [1.82, 2.24) is 0 Å². The first-order chi connectivity index (χ1) is 8.11. The minimum Gasteiger partial charge on any atom is -0.344 e. The minimum atomic E-state index is -0.643. The van der Waals surface area contributed by atoms with Crippen molar-refractivity contribution >= 4 is 11.5 Å². The average molecular weight is 231 g/mol. The SMILES string of the molecule is CC(=O)c1c(F)cccc1N(CC#N)CC#N. The Morgan fingerprint density at radius 2 is 1.94 bits per heavy atom. The maximum Gasteiger partial charge on any atom is 0.164 e. The van der Waals surface area contributed by atoms with E-state index in [1.165, 1.54) is 30.0 Å². The van der Waals surface area contributed by atoms with Crippen LogP contribution in [0, 0.1) is 28.5 Å². The highest BCUT2D eigenvalue weighted by atomic mass is 19.1. The summed E-state index contributed by atoms with van der Waals surface area (Å²) < 4.78 is 13.5. The van der Waals surface area contributed by atoms with Crippen LogP contribution in [0.15, 0.2) is 18.2 Å². The van der Waals surface area contributed by atoms with E-state index >= 15 is 0 Å². The van der Waals surface area contributed by atoms with Gasteiger partial charge in [-0.3, -0.25) is 4.79 Å². The number of hydrogen-bond acceptors (Lipinski definition) is 4. The van der Waals surface area contributed by atoms with Crippen molar-refractivity contribution in [2.45, 2.75) is 6.92 Å². The molecule has 0 aromatic heterocycles. The number of Topliss-reactive ketones (excluding diaryl/α,β-unsaturated/α-hetero) is 1. The molecule has 0 unspecified atom stereocenters. The molecule has 86 valence electrons. The number of nitrogens with zero attached hydrogens (tertiary/aromatic N) is 3. The van der Waals surface area contributed by atoms with Crippen LogP contribution in [-0.4, -0.2) is 18.9 Å². The van der Waals surface area contributed by atoms with Gasteiger partial charge in [0.05, 0.1) is 23.4 Å². The zero-order valence-corrected chi connectivity index (χ0v) is 9.27. The Kier molecular flexibility index (Phi) is 4.19. The normalized spacial score (nSPS) is 9.18. The molecule has 0 aliphatic heterocycles. The molecule has 0 spiro atoms. The standard InChI is InChI=1S/C12H10FN3O/c1-9(17)12-10(13)3-2-4-11(12)16(7-5-14)8-6-15/h2-4H,7-8H2,1H3. The molecule has 4 nitrogen and oxygen atoms in total. The van der Waals surface area contributed by atoms with E-state index in [-0.39, 0.29) is 24.3 Å². The molecule has 5 heteroatoms. The highest BCUT2D eigenvalue weighted by Crippen LogP contribution is 2.23. The summed E-state index contributed by atoms with van der Waals surface area (Å²) in [6, 6.07) is 7.90. The number of halogens is 1. The van der Waals surface area contributed by atoms with Gasteiger partial charge in [0.2, 0.25) is 0 Å². The fourth-order valence-electron chi connectivity index (χ4n) is 1.52. The molecule has 1 aromatic carbocycles. The zero-order chi connectivity index (χ0) is 12.8. The van der Waals surface area contributed by atoms with Gasteiger partial charge < -0.3 is 4.90 Å². The maximum absolute atomic E-state index is 13.5. The van der Waals surface area contributed by atoms with Gasteiger partial charge in [0.25, 0.3) is 0 Å². The van der Waals surface area contributed by atoms with Crippen molar-refractivity contribution in [3.8, 4) is 12.1 Å². The predicted octanol–water partition coefficient (Wildman–Crippen LogP) is 1.88. The number of carbonyl (C=O) groups excluding carboxylic acids is 1. The molecule has 0 aliphatic carbocycles. The fourth-order valence-corrected chi connectivity index (χ4v) is 1.52. The first-order valence-corrected chi connectivity index (χ1v) is 4.90. The quantitative estimate of drug-likeness (QED) is 0.586. The summed E-state index contributed by atoms with van der Waals surface area (Å²) in [4.78, 5) is 12.7. The highest BCUT2D eigenvalue weighted by molar-refractivity contribution is 6.00. The Morgan fingerprint density at radius 3 is 2.41 bits per heavy atom. The van der Waals surface area contributed by atoms with Crippen LogP contribution in [0.1, 0.15) is 17.3 Å². The Bertz CT molecular complexity index is 497. The minimum absolute atomic E-state index is 0.0721. The van der Waals surface area contributed by atoms with Crippen molar-refractivity contribution in [2.75, 3.05) is 18.0 Å². The van der Waals surface area contributed by atoms with Crippen LogP contribution in [-0.2, 0) is 0 Å². The molecule has 0 aliphatic rings. The topological polar surface area (TPSA) is 67.9 Å². The number of nitriles is 2. The highest BCUT2D eigenvalue weighted by Gasteiger charge is 2.17. The van der Waals surface area contributed by atoms with Crippen LogP contribution in [0.4, 0.5) is 10.1 Å². The number of anilines is 1. The Labute approximate surface area is 98.5 Å². The van der Waals surface area contributed by atoms with Crippen molar-refractivity contribution < 1.29 is 9.18 Å². The summed E-state index contributed by atoms with van der Waals surface area (Å²) in [5.41, 5.74) is 0.193. The number of carbonyl (C=O) groups is 1. The molecule has 1 aromatic rings. The van der Waals surface area contributed by atoms with Gasteiger partial charge in [-0.05, 0) is 19.1 Å². The van der Waals surface area contributed by atoms with Crippen LogP contribution in [0.3, 0.4) is 0 Å². The van der Waals surface area contributed by atoms with Gasteiger partial charge in [0.15, 0.2) is 5.78 Å². The first kappa shape index (κ1) is 12.7. The molecule has 0 N–H and O–H groups in total. The monoisotopic (exact) mass is 231 g/mol. The van der Waals surface area contributed by atoms with E-state index < -0.39 is 11.6 Å². The third kappa shape index (κ3) is 2.79. The molecule has 0 amide bonds. The lowest BCUT2D eigenvalue weighted by molar-refractivity contribution is 0.101. The number of benzene rings is 1. The van der Waals surface area contributed by atoms with E-state index in [1.54, 1.807) is 0 Å². The molecule has 0 radical (unpaired) electrons. The molecule has 0 saturated carbocycles. The van der Waals surface area contributed by atoms with Gasteiger partial charge in [-0.1, -0.05) is 6.07 Å². The molecule has 0 saturated heterocycles. The van der Waals surface area contributed by atoms with E-state index in [4.69, 9.17) is 10.5 Å². The summed E-state index contributed by atoms with van der Waals surface area (Å²) in [6.45, 7) is 1.10. The number of ketones is 1. The molecule has 0 fully saturated rings. The molecule has 17 heavy (non-hydrogen) atoms. The van der Waals surface area contributed by atoms with E-state index in [0.29, 0.717) is 0 Å². The zero-order valence-electron chi connectivity index (χ0n) is 9.27. The third-order valence-corrected chi connectivity index (χ3v) is 2.21. The van der Waals surface area contributed by atoms with E-state index in [9.17, 15) is 9.18 Å². The van der Waals surface area contributed by atoms with Crippen molar-refractivity contribution in [3.63, 3.8) is 0 Å². The lowest BCUT2D eigenvalue weighted by Gasteiger charge is -2.20. The second-order valence-electron chi connectivity index (χ2n) is 3.36. The molecule has 1 rings (SSSR count). The second-order valence-corrected chi connectivity index (χ2v) is 3.36. The summed E-state index contributed by atoms with van der Waals surface area (Å²) in [5, 5.41) is 17.3. The predicted molar refractivity (Wildman–Crippen MR) is 59.8 cm³/mol. The Morgan fingerprint density at radius 1 is 1.35 bits per heavy atom. The van der Waals surface area contributed by atoms with Crippen molar-refractivity contribution in [2.24, 2.45) is 0 Å².